The molecule has 0 amide bonds. The second-order valence-electron chi connectivity index (χ2n) is 4.44. The molecule has 4 heteroatoms. The summed E-state index contributed by atoms with van der Waals surface area (Å²) in [6, 6.07) is 5.68. The van der Waals surface area contributed by atoms with Crippen LogP contribution < -0.4 is 9.47 Å². The van der Waals surface area contributed by atoms with Gasteiger partial charge in [-0.05, 0) is 26.0 Å². The zero-order valence-electron chi connectivity index (χ0n) is 10.6. The van der Waals surface area contributed by atoms with Crippen LogP contribution in [0.1, 0.15) is 37.5 Å². The Hall–Kier alpha value is -1.73. The van der Waals surface area contributed by atoms with Crippen molar-refractivity contribution in [2.45, 2.75) is 38.9 Å². The normalized spacial score (nSPS) is 18.7. The van der Waals surface area contributed by atoms with Crippen LogP contribution in [-0.4, -0.2) is 17.8 Å². The molecule has 1 aliphatic heterocycles. The molecule has 4 nitrogen and oxygen atoms in total. The maximum absolute atomic E-state index is 9.97. The topological polar surface area (TPSA) is 62.5 Å². The van der Waals surface area contributed by atoms with E-state index in [1.807, 2.05) is 26.0 Å². The average molecular weight is 247 g/mol. The van der Waals surface area contributed by atoms with E-state index in [4.69, 9.17) is 14.7 Å². The largest absolute Gasteiger partial charge is 0.493 e. The van der Waals surface area contributed by atoms with Gasteiger partial charge in [-0.25, -0.2) is 0 Å². The number of nitrogens with zero attached hydrogens (tertiary/aromatic N) is 1. The highest BCUT2D eigenvalue weighted by molar-refractivity contribution is 5.49. The Labute approximate surface area is 107 Å². The first-order valence-corrected chi connectivity index (χ1v) is 6.17. The van der Waals surface area contributed by atoms with Crippen LogP contribution in [0.2, 0.25) is 0 Å². The Morgan fingerprint density at radius 1 is 1.61 bits per heavy atom. The number of ether oxygens (including phenoxy) is 2. The summed E-state index contributed by atoms with van der Waals surface area (Å²) < 4.78 is 11.2. The molecule has 1 aliphatic rings. The fourth-order valence-electron chi connectivity index (χ4n) is 2.19. The van der Waals surface area contributed by atoms with Crippen LogP contribution in [0, 0.1) is 11.3 Å². The van der Waals surface area contributed by atoms with Crippen molar-refractivity contribution in [3.63, 3.8) is 0 Å². The maximum atomic E-state index is 9.97. The van der Waals surface area contributed by atoms with E-state index >= 15 is 0 Å². The predicted molar refractivity (Wildman–Crippen MR) is 66.6 cm³/mol. The number of aliphatic hydroxyl groups is 1. The summed E-state index contributed by atoms with van der Waals surface area (Å²) in [6.07, 6.45) is 0.220. The SMILES string of the molecule is CCOc1cc2c(cc1C(O)CC#N)OC(C)C2. The third kappa shape index (κ3) is 2.41. The molecule has 2 atom stereocenters. The minimum Gasteiger partial charge on any atom is -0.493 e. The third-order valence-electron chi connectivity index (χ3n) is 2.97. The maximum Gasteiger partial charge on any atom is 0.125 e. The number of rotatable bonds is 4. The van der Waals surface area contributed by atoms with Gasteiger partial charge in [-0.3, -0.25) is 0 Å². The quantitative estimate of drug-likeness (QED) is 0.887. The Bertz CT molecular complexity index is 479. The molecule has 0 spiro atoms. The van der Waals surface area contributed by atoms with Gasteiger partial charge in [0.05, 0.1) is 25.2 Å². The Morgan fingerprint density at radius 2 is 2.39 bits per heavy atom. The highest BCUT2D eigenvalue weighted by Gasteiger charge is 2.24. The summed E-state index contributed by atoms with van der Waals surface area (Å²) in [5.74, 6) is 1.44. The molecule has 1 N–H and O–H groups in total. The zero-order valence-corrected chi connectivity index (χ0v) is 10.6. The molecule has 0 aliphatic carbocycles. The molecule has 0 radical (unpaired) electrons. The third-order valence-corrected chi connectivity index (χ3v) is 2.97. The first-order valence-electron chi connectivity index (χ1n) is 6.17. The number of hydrogen-bond donors (Lipinski definition) is 1. The molecule has 2 unspecified atom stereocenters. The van der Waals surface area contributed by atoms with Crippen LogP contribution in [0.15, 0.2) is 12.1 Å². The summed E-state index contributed by atoms with van der Waals surface area (Å²) in [5, 5.41) is 18.6. The van der Waals surface area contributed by atoms with Crippen molar-refractivity contribution >= 4 is 0 Å². The minimum absolute atomic E-state index is 0.0500. The van der Waals surface area contributed by atoms with Gasteiger partial charge in [0.25, 0.3) is 0 Å². The van der Waals surface area contributed by atoms with Gasteiger partial charge in [-0.15, -0.1) is 0 Å². The number of fused-ring (bicyclic) bond motifs is 1. The zero-order chi connectivity index (χ0) is 13.1. The lowest BCUT2D eigenvalue weighted by Gasteiger charge is -2.15. The highest BCUT2D eigenvalue weighted by Crippen LogP contribution is 2.38. The van der Waals surface area contributed by atoms with Crippen molar-refractivity contribution in [1.29, 1.82) is 5.26 Å². The van der Waals surface area contributed by atoms with E-state index in [0.29, 0.717) is 17.9 Å². The van der Waals surface area contributed by atoms with Crippen molar-refractivity contribution in [2.75, 3.05) is 6.61 Å². The fourth-order valence-corrected chi connectivity index (χ4v) is 2.19. The molecule has 1 heterocycles. The molecule has 0 fully saturated rings. The Kier molecular flexibility index (Phi) is 3.73. The lowest BCUT2D eigenvalue weighted by molar-refractivity contribution is 0.176. The lowest BCUT2D eigenvalue weighted by Crippen LogP contribution is -2.05. The van der Waals surface area contributed by atoms with E-state index in [1.165, 1.54) is 0 Å². The number of hydrogen-bond acceptors (Lipinski definition) is 4. The molecule has 18 heavy (non-hydrogen) atoms. The summed E-state index contributed by atoms with van der Waals surface area (Å²) in [5.41, 5.74) is 1.73. The van der Waals surface area contributed by atoms with Gasteiger partial charge in [0.15, 0.2) is 0 Å². The summed E-state index contributed by atoms with van der Waals surface area (Å²) in [4.78, 5) is 0. The predicted octanol–water partition coefficient (Wildman–Crippen LogP) is 2.36. The smallest absolute Gasteiger partial charge is 0.125 e. The van der Waals surface area contributed by atoms with Gasteiger partial charge in [0.2, 0.25) is 0 Å². The van der Waals surface area contributed by atoms with E-state index < -0.39 is 6.10 Å². The van der Waals surface area contributed by atoms with Gasteiger partial charge in [0, 0.05) is 17.5 Å². The van der Waals surface area contributed by atoms with Crippen LogP contribution in [0.25, 0.3) is 0 Å². The fraction of sp³-hybridized carbons (Fsp3) is 0.500. The molecule has 1 aromatic carbocycles. The van der Waals surface area contributed by atoms with Crippen LogP contribution in [0.3, 0.4) is 0 Å². The molecule has 0 aromatic heterocycles. The Balaban J connectivity index is 2.38. The standard InChI is InChI=1S/C14H17NO3/c1-3-17-14-7-10-6-9(2)18-13(10)8-11(14)12(16)4-5-15/h7-9,12,16H,3-4,6H2,1-2H3. The Morgan fingerprint density at radius 3 is 3.06 bits per heavy atom. The highest BCUT2D eigenvalue weighted by atomic mass is 16.5. The van der Waals surface area contributed by atoms with Gasteiger partial charge in [0.1, 0.15) is 17.6 Å². The van der Waals surface area contributed by atoms with Crippen molar-refractivity contribution in [1.82, 2.24) is 0 Å². The molecular weight excluding hydrogens is 230 g/mol. The molecule has 0 saturated carbocycles. The average Bonchev–Trinajstić information content (AvgIpc) is 2.68. The van der Waals surface area contributed by atoms with Gasteiger partial charge < -0.3 is 14.6 Å². The van der Waals surface area contributed by atoms with Gasteiger partial charge in [-0.1, -0.05) is 0 Å². The van der Waals surface area contributed by atoms with Crippen molar-refractivity contribution < 1.29 is 14.6 Å². The van der Waals surface area contributed by atoms with Crippen molar-refractivity contribution in [2.24, 2.45) is 0 Å². The first kappa shape index (κ1) is 12.7. The van der Waals surface area contributed by atoms with Crippen LogP contribution >= 0.6 is 0 Å². The molecule has 1 aromatic rings. The number of aliphatic hydroxyl groups excluding tert-OH is 1. The van der Waals surface area contributed by atoms with Crippen molar-refractivity contribution in [3.8, 4) is 17.6 Å². The second kappa shape index (κ2) is 5.28. The van der Waals surface area contributed by atoms with E-state index in [1.54, 1.807) is 6.07 Å². The number of benzene rings is 1. The van der Waals surface area contributed by atoms with E-state index in [0.717, 1.165) is 17.7 Å². The lowest BCUT2D eigenvalue weighted by atomic mass is 10.0. The first-order chi connectivity index (χ1) is 8.65. The van der Waals surface area contributed by atoms with E-state index in [2.05, 4.69) is 0 Å². The minimum atomic E-state index is -0.832. The molecule has 96 valence electrons. The van der Waals surface area contributed by atoms with Gasteiger partial charge in [-0.2, -0.15) is 5.26 Å². The summed E-state index contributed by atoms with van der Waals surface area (Å²) >= 11 is 0. The number of nitriles is 1. The monoisotopic (exact) mass is 247 g/mol. The van der Waals surface area contributed by atoms with Crippen LogP contribution in [0.4, 0.5) is 0 Å². The van der Waals surface area contributed by atoms with Crippen molar-refractivity contribution in [3.05, 3.63) is 23.3 Å². The van der Waals surface area contributed by atoms with Gasteiger partial charge >= 0.3 is 0 Å². The van der Waals surface area contributed by atoms with Crippen LogP contribution in [-0.2, 0) is 6.42 Å². The molecule has 2 rings (SSSR count). The van der Waals surface area contributed by atoms with E-state index in [-0.39, 0.29) is 12.5 Å². The summed E-state index contributed by atoms with van der Waals surface area (Å²) in [7, 11) is 0. The van der Waals surface area contributed by atoms with E-state index in [9.17, 15) is 5.11 Å². The molecular formula is C14H17NO3. The second-order valence-corrected chi connectivity index (χ2v) is 4.44. The summed E-state index contributed by atoms with van der Waals surface area (Å²) in [6.45, 7) is 4.43. The van der Waals surface area contributed by atoms with Crippen LogP contribution in [0.5, 0.6) is 11.5 Å². The molecule has 0 saturated heterocycles. The molecule has 0 bridgehead atoms.